The second-order valence-electron chi connectivity index (χ2n) is 4.63. The van der Waals surface area contributed by atoms with E-state index < -0.39 is 0 Å². The summed E-state index contributed by atoms with van der Waals surface area (Å²) >= 11 is 3.52. The van der Waals surface area contributed by atoms with Gasteiger partial charge in [-0.25, -0.2) is 4.39 Å². The topological polar surface area (TPSA) is 21.3 Å². The highest BCUT2D eigenvalue weighted by Crippen LogP contribution is 2.26. The van der Waals surface area contributed by atoms with E-state index in [4.69, 9.17) is 4.74 Å². The second kappa shape index (κ2) is 6.75. The van der Waals surface area contributed by atoms with Crippen LogP contribution in [-0.2, 0) is 0 Å². The Morgan fingerprint density at radius 3 is 2.45 bits per heavy atom. The summed E-state index contributed by atoms with van der Waals surface area (Å²) in [4.78, 5) is 0. The van der Waals surface area contributed by atoms with Gasteiger partial charge in [-0.1, -0.05) is 28.1 Å². The van der Waals surface area contributed by atoms with E-state index in [0.717, 1.165) is 21.3 Å². The molecule has 0 saturated heterocycles. The Labute approximate surface area is 127 Å². The normalized spacial score (nSPS) is 10.4. The fourth-order valence-corrected chi connectivity index (χ4v) is 2.18. The molecule has 0 unspecified atom stereocenters. The van der Waals surface area contributed by atoms with Crippen LogP contribution in [0.5, 0.6) is 5.75 Å². The van der Waals surface area contributed by atoms with Crippen molar-refractivity contribution in [2.75, 3.05) is 18.5 Å². The largest absolute Gasteiger partial charge is 0.492 e. The Morgan fingerprint density at radius 1 is 1.15 bits per heavy atom. The highest BCUT2D eigenvalue weighted by Gasteiger charge is 2.03. The number of hydrogen-bond donors (Lipinski definition) is 1. The van der Waals surface area contributed by atoms with Crippen molar-refractivity contribution < 1.29 is 9.13 Å². The van der Waals surface area contributed by atoms with Crippen molar-refractivity contribution in [2.45, 2.75) is 13.8 Å². The maximum Gasteiger partial charge on any atom is 0.146 e. The molecule has 20 heavy (non-hydrogen) atoms. The average molecular weight is 338 g/mol. The molecule has 0 bridgehead atoms. The molecule has 0 aliphatic heterocycles. The lowest BCUT2D eigenvalue weighted by molar-refractivity contribution is 0.332. The molecule has 0 atom stereocenters. The lowest BCUT2D eigenvalue weighted by Gasteiger charge is -2.11. The van der Waals surface area contributed by atoms with Crippen LogP contribution in [0.1, 0.15) is 11.1 Å². The van der Waals surface area contributed by atoms with Crippen molar-refractivity contribution in [1.82, 2.24) is 0 Å². The van der Waals surface area contributed by atoms with E-state index in [1.165, 1.54) is 6.07 Å². The van der Waals surface area contributed by atoms with Crippen LogP contribution < -0.4 is 10.1 Å². The SMILES string of the molecule is Cc1cc(OCCNc2ccccc2F)cc(C)c1Br. The third kappa shape index (κ3) is 3.73. The number of ether oxygens (including phenoxy) is 1. The van der Waals surface area contributed by atoms with Crippen LogP contribution in [-0.4, -0.2) is 13.2 Å². The summed E-state index contributed by atoms with van der Waals surface area (Å²) in [6.07, 6.45) is 0. The Hall–Kier alpha value is -1.55. The van der Waals surface area contributed by atoms with Gasteiger partial charge >= 0.3 is 0 Å². The molecule has 0 spiro atoms. The quantitative estimate of drug-likeness (QED) is 0.798. The zero-order valence-corrected chi connectivity index (χ0v) is 13.1. The van der Waals surface area contributed by atoms with Crippen LogP contribution in [0.25, 0.3) is 0 Å². The fraction of sp³-hybridized carbons (Fsp3) is 0.250. The molecule has 2 nitrogen and oxygen atoms in total. The standard InChI is InChI=1S/C16H17BrFNO/c1-11-9-13(10-12(2)16(11)17)20-8-7-19-15-6-4-3-5-14(15)18/h3-6,9-10,19H,7-8H2,1-2H3. The Morgan fingerprint density at radius 2 is 1.80 bits per heavy atom. The van der Waals surface area contributed by atoms with E-state index in [9.17, 15) is 4.39 Å². The summed E-state index contributed by atoms with van der Waals surface area (Å²) in [5, 5.41) is 3.01. The molecule has 0 saturated carbocycles. The van der Waals surface area contributed by atoms with E-state index in [2.05, 4.69) is 21.2 Å². The van der Waals surface area contributed by atoms with Gasteiger partial charge in [-0.15, -0.1) is 0 Å². The van der Waals surface area contributed by atoms with Crippen LogP contribution >= 0.6 is 15.9 Å². The van der Waals surface area contributed by atoms with Crippen molar-refractivity contribution in [3.8, 4) is 5.75 Å². The van der Waals surface area contributed by atoms with E-state index in [1.54, 1.807) is 18.2 Å². The third-order valence-electron chi connectivity index (χ3n) is 2.97. The fourth-order valence-electron chi connectivity index (χ4n) is 1.95. The monoisotopic (exact) mass is 337 g/mol. The molecule has 0 aliphatic rings. The van der Waals surface area contributed by atoms with Gasteiger partial charge in [0, 0.05) is 11.0 Å². The number of aryl methyl sites for hydroxylation is 2. The Bertz CT molecular complexity index is 578. The van der Waals surface area contributed by atoms with Crippen molar-refractivity contribution >= 4 is 21.6 Å². The summed E-state index contributed by atoms with van der Waals surface area (Å²) in [6, 6.07) is 10.6. The maximum atomic E-state index is 13.4. The average Bonchev–Trinajstić information content (AvgIpc) is 2.42. The first kappa shape index (κ1) is 14.9. The molecule has 0 aromatic heterocycles. The molecule has 1 N–H and O–H groups in total. The number of hydrogen-bond acceptors (Lipinski definition) is 2. The van der Waals surface area contributed by atoms with Gasteiger partial charge in [-0.05, 0) is 49.2 Å². The Kier molecular flexibility index (Phi) is 5.01. The molecular formula is C16H17BrFNO. The van der Waals surface area contributed by atoms with Gasteiger partial charge in [-0.3, -0.25) is 0 Å². The highest BCUT2D eigenvalue weighted by molar-refractivity contribution is 9.10. The van der Waals surface area contributed by atoms with Crippen molar-refractivity contribution in [1.29, 1.82) is 0 Å². The van der Waals surface area contributed by atoms with Gasteiger partial charge in [0.1, 0.15) is 18.2 Å². The summed E-state index contributed by atoms with van der Waals surface area (Å²) in [6.45, 7) is 5.09. The van der Waals surface area contributed by atoms with Crippen LogP contribution in [0.2, 0.25) is 0 Å². The summed E-state index contributed by atoms with van der Waals surface area (Å²) in [7, 11) is 0. The maximum absolute atomic E-state index is 13.4. The van der Waals surface area contributed by atoms with Gasteiger partial charge < -0.3 is 10.1 Å². The molecule has 0 radical (unpaired) electrons. The molecule has 2 aromatic rings. The van der Waals surface area contributed by atoms with E-state index in [-0.39, 0.29) is 5.82 Å². The molecule has 106 valence electrons. The number of benzene rings is 2. The third-order valence-corrected chi connectivity index (χ3v) is 4.22. The first-order valence-corrected chi connectivity index (χ1v) is 7.25. The lowest BCUT2D eigenvalue weighted by atomic mass is 10.1. The van der Waals surface area contributed by atoms with Crippen molar-refractivity contribution in [3.63, 3.8) is 0 Å². The Balaban J connectivity index is 1.86. The minimum Gasteiger partial charge on any atom is -0.492 e. The van der Waals surface area contributed by atoms with Crippen LogP contribution in [0.4, 0.5) is 10.1 Å². The van der Waals surface area contributed by atoms with Crippen LogP contribution in [0, 0.1) is 19.7 Å². The number of para-hydroxylation sites is 1. The minimum absolute atomic E-state index is 0.247. The number of halogens is 2. The van der Waals surface area contributed by atoms with Gasteiger partial charge in [0.2, 0.25) is 0 Å². The molecule has 2 rings (SSSR count). The predicted octanol–water partition coefficient (Wildman–Crippen LogP) is 4.70. The van der Waals surface area contributed by atoms with Gasteiger partial charge in [0.15, 0.2) is 0 Å². The summed E-state index contributed by atoms with van der Waals surface area (Å²) < 4.78 is 20.2. The summed E-state index contributed by atoms with van der Waals surface area (Å²) in [5.74, 6) is 0.585. The second-order valence-corrected chi connectivity index (χ2v) is 5.42. The molecule has 0 heterocycles. The van der Waals surface area contributed by atoms with E-state index in [0.29, 0.717) is 18.8 Å². The molecule has 2 aromatic carbocycles. The molecule has 0 amide bonds. The zero-order chi connectivity index (χ0) is 14.5. The lowest BCUT2D eigenvalue weighted by Crippen LogP contribution is -2.12. The number of nitrogens with one attached hydrogen (secondary N) is 1. The van der Waals surface area contributed by atoms with Crippen molar-refractivity contribution in [3.05, 3.63) is 57.8 Å². The first-order valence-electron chi connectivity index (χ1n) is 6.46. The van der Waals surface area contributed by atoms with Gasteiger partial charge in [-0.2, -0.15) is 0 Å². The number of rotatable bonds is 5. The molecule has 0 aliphatic carbocycles. The van der Waals surface area contributed by atoms with E-state index in [1.807, 2.05) is 26.0 Å². The highest BCUT2D eigenvalue weighted by atomic mass is 79.9. The minimum atomic E-state index is -0.247. The smallest absolute Gasteiger partial charge is 0.146 e. The van der Waals surface area contributed by atoms with E-state index >= 15 is 0 Å². The number of anilines is 1. The van der Waals surface area contributed by atoms with Gasteiger partial charge in [0.25, 0.3) is 0 Å². The molecule has 4 heteroatoms. The zero-order valence-electron chi connectivity index (χ0n) is 11.5. The molecule has 0 fully saturated rings. The van der Waals surface area contributed by atoms with Gasteiger partial charge in [0.05, 0.1) is 5.69 Å². The van der Waals surface area contributed by atoms with Crippen molar-refractivity contribution in [2.24, 2.45) is 0 Å². The van der Waals surface area contributed by atoms with Crippen LogP contribution in [0.15, 0.2) is 40.9 Å². The summed E-state index contributed by atoms with van der Waals surface area (Å²) in [5.41, 5.74) is 2.78. The van der Waals surface area contributed by atoms with Crippen LogP contribution in [0.3, 0.4) is 0 Å². The first-order chi connectivity index (χ1) is 9.58. The predicted molar refractivity (Wildman–Crippen MR) is 84.0 cm³/mol. The molecular weight excluding hydrogens is 321 g/mol.